The SMILES string of the molecule is CN1CCOC(CN(Cc2ccn(C)c2)CC2CC2)C1. The highest BCUT2D eigenvalue weighted by Gasteiger charge is 2.27. The lowest BCUT2D eigenvalue weighted by Gasteiger charge is -2.34. The lowest BCUT2D eigenvalue weighted by Crippen LogP contribution is -2.46. The van der Waals surface area contributed by atoms with Gasteiger partial charge in [0.15, 0.2) is 0 Å². The van der Waals surface area contributed by atoms with Crippen LogP contribution in [0.15, 0.2) is 18.5 Å². The van der Waals surface area contributed by atoms with Crippen molar-refractivity contribution in [2.75, 3.05) is 39.8 Å². The van der Waals surface area contributed by atoms with Crippen molar-refractivity contribution in [1.29, 1.82) is 0 Å². The molecule has 3 rings (SSSR count). The second-order valence-electron chi connectivity index (χ2n) is 6.58. The minimum Gasteiger partial charge on any atom is -0.374 e. The molecule has 2 fully saturated rings. The first-order valence-corrected chi connectivity index (χ1v) is 7.82. The zero-order chi connectivity index (χ0) is 13.9. The van der Waals surface area contributed by atoms with Crippen LogP contribution in [0.5, 0.6) is 0 Å². The summed E-state index contributed by atoms with van der Waals surface area (Å²) in [6.07, 6.45) is 7.56. The molecule has 2 heterocycles. The largest absolute Gasteiger partial charge is 0.374 e. The Morgan fingerprint density at radius 3 is 2.80 bits per heavy atom. The maximum absolute atomic E-state index is 5.94. The average molecular weight is 277 g/mol. The summed E-state index contributed by atoms with van der Waals surface area (Å²) in [5.74, 6) is 0.931. The van der Waals surface area contributed by atoms with E-state index in [1.165, 1.54) is 24.9 Å². The number of hydrogen-bond acceptors (Lipinski definition) is 3. The zero-order valence-electron chi connectivity index (χ0n) is 12.8. The van der Waals surface area contributed by atoms with Crippen LogP contribution in [-0.2, 0) is 18.3 Å². The molecule has 1 atom stereocenters. The molecule has 0 amide bonds. The third-order valence-electron chi connectivity index (χ3n) is 4.32. The fourth-order valence-corrected chi connectivity index (χ4v) is 3.05. The van der Waals surface area contributed by atoms with Gasteiger partial charge in [0.25, 0.3) is 0 Å². The van der Waals surface area contributed by atoms with Crippen molar-refractivity contribution in [3.63, 3.8) is 0 Å². The molecule has 0 aromatic carbocycles. The highest BCUT2D eigenvalue weighted by atomic mass is 16.5. The number of aryl methyl sites for hydroxylation is 1. The fourth-order valence-electron chi connectivity index (χ4n) is 3.05. The Kier molecular flexibility index (Phi) is 4.44. The van der Waals surface area contributed by atoms with Crippen LogP contribution < -0.4 is 0 Å². The number of aromatic nitrogens is 1. The molecule has 1 aliphatic carbocycles. The van der Waals surface area contributed by atoms with E-state index >= 15 is 0 Å². The van der Waals surface area contributed by atoms with E-state index in [2.05, 4.69) is 46.9 Å². The Labute approximate surface area is 122 Å². The Bertz CT molecular complexity index is 427. The predicted molar refractivity (Wildman–Crippen MR) is 80.7 cm³/mol. The van der Waals surface area contributed by atoms with Crippen LogP contribution in [0, 0.1) is 5.92 Å². The van der Waals surface area contributed by atoms with Crippen molar-refractivity contribution in [2.24, 2.45) is 13.0 Å². The molecule has 1 saturated carbocycles. The highest BCUT2D eigenvalue weighted by Crippen LogP contribution is 2.30. The quantitative estimate of drug-likeness (QED) is 0.787. The van der Waals surface area contributed by atoms with Crippen molar-refractivity contribution in [3.05, 3.63) is 24.0 Å². The van der Waals surface area contributed by atoms with Crippen LogP contribution in [0.1, 0.15) is 18.4 Å². The van der Waals surface area contributed by atoms with Gasteiger partial charge in [0.1, 0.15) is 0 Å². The lowest BCUT2D eigenvalue weighted by molar-refractivity contribution is -0.0372. The number of ether oxygens (including phenoxy) is 1. The van der Waals surface area contributed by atoms with Crippen LogP contribution in [0.2, 0.25) is 0 Å². The monoisotopic (exact) mass is 277 g/mol. The molecule has 1 unspecified atom stereocenters. The fraction of sp³-hybridized carbons (Fsp3) is 0.750. The van der Waals surface area contributed by atoms with E-state index in [-0.39, 0.29) is 0 Å². The number of hydrogen-bond donors (Lipinski definition) is 0. The molecular formula is C16H27N3O. The maximum Gasteiger partial charge on any atom is 0.0829 e. The van der Waals surface area contributed by atoms with Gasteiger partial charge >= 0.3 is 0 Å². The molecule has 112 valence electrons. The molecule has 1 aromatic heterocycles. The van der Waals surface area contributed by atoms with Crippen molar-refractivity contribution in [1.82, 2.24) is 14.4 Å². The van der Waals surface area contributed by atoms with Gasteiger partial charge in [-0.15, -0.1) is 0 Å². The van der Waals surface area contributed by atoms with E-state index in [0.29, 0.717) is 6.10 Å². The van der Waals surface area contributed by atoms with Crippen LogP contribution in [-0.4, -0.2) is 60.3 Å². The molecule has 0 N–H and O–H groups in total. The summed E-state index contributed by atoms with van der Waals surface area (Å²) < 4.78 is 8.07. The van der Waals surface area contributed by atoms with Crippen molar-refractivity contribution in [3.8, 4) is 0 Å². The summed E-state index contributed by atoms with van der Waals surface area (Å²) >= 11 is 0. The van der Waals surface area contributed by atoms with E-state index in [1.54, 1.807) is 0 Å². The second kappa shape index (κ2) is 6.29. The summed E-state index contributed by atoms with van der Waals surface area (Å²) in [5.41, 5.74) is 1.41. The molecule has 4 nitrogen and oxygen atoms in total. The van der Waals surface area contributed by atoms with E-state index < -0.39 is 0 Å². The van der Waals surface area contributed by atoms with Gasteiger partial charge in [-0.2, -0.15) is 0 Å². The molecule has 20 heavy (non-hydrogen) atoms. The summed E-state index contributed by atoms with van der Waals surface area (Å²) in [6, 6.07) is 2.23. The van der Waals surface area contributed by atoms with Gasteiger partial charge in [-0.25, -0.2) is 0 Å². The minimum atomic E-state index is 0.371. The zero-order valence-corrected chi connectivity index (χ0v) is 12.8. The van der Waals surface area contributed by atoms with Gasteiger partial charge in [-0.1, -0.05) is 0 Å². The van der Waals surface area contributed by atoms with Crippen molar-refractivity contribution in [2.45, 2.75) is 25.5 Å². The Hall–Kier alpha value is -0.840. The van der Waals surface area contributed by atoms with Gasteiger partial charge in [-0.3, -0.25) is 4.90 Å². The number of rotatable bonds is 6. The topological polar surface area (TPSA) is 20.6 Å². The molecule has 1 saturated heterocycles. The normalized spacial score (nSPS) is 24.4. The minimum absolute atomic E-state index is 0.371. The highest BCUT2D eigenvalue weighted by molar-refractivity contribution is 5.09. The van der Waals surface area contributed by atoms with Gasteiger partial charge in [0.2, 0.25) is 0 Å². The molecule has 0 spiro atoms. The first kappa shape index (κ1) is 14.1. The molecule has 2 aliphatic rings. The summed E-state index contributed by atoms with van der Waals surface area (Å²) in [6.45, 7) is 6.37. The lowest BCUT2D eigenvalue weighted by atomic mass is 10.2. The molecule has 0 bridgehead atoms. The molecular weight excluding hydrogens is 250 g/mol. The van der Waals surface area contributed by atoms with Crippen LogP contribution >= 0.6 is 0 Å². The molecule has 0 radical (unpaired) electrons. The van der Waals surface area contributed by atoms with Crippen molar-refractivity contribution >= 4 is 0 Å². The van der Waals surface area contributed by atoms with Crippen LogP contribution in [0.3, 0.4) is 0 Å². The van der Waals surface area contributed by atoms with Crippen molar-refractivity contribution < 1.29 is 4.74 Å². The first-order chi connectivity index (χ1) is 9.69. The van der Waals surface area contributed by atoms with E-state index in [1.807, 2.05) is 0 Å². The third kappa shape index (κ3) is 4.08. The predicted octanol–water partition coefficient (Wildman–Crippen LogP) is 1.57. The first-order valence-electron chi connectivity index (χ1n) is 7.82. The summed E-state index contributed by atoms with van der Waals surface area (Å²) in [7, 11) is 4.28. The summed E-state index contributed by atoms with van der Waals surface area (Å²) in [4.78, 5) is 4.98. The van der Waals surface area contributed by atoms with Crippen LogP contribution in [0.4, 0.5) is 0 Å². The van der Waals surface area contributed by atoms with E-state index in [9.17, 15) is 0 Å². The third-order valence-corrected chi connectivity index (χ3v) is 4.32. The Morgan fingerprint density at radius 2 is 2.15 bits per heavy atom. The average Bonchev–Trinajstić information content (AvgIpc) is 3.11. The number of likely N-dealkylation sites (N-methyl/N-ethyl adjacent to an activating group) is 1. The second-order valence-corrected chi connectivity index (χ2v) is 6.58. The van der Waals surface area contributed by atoms with Gasteiger partial charge < -0.3 is 14.2 Å². The van der Waals surface area contributed by atoms with Gasteiger partial charge in [0, 0.05) is 52.2 Å². The van der Waals surface area contributed by atoms with E-state index in [4.69, 9.17) is 4.74 Å². The molecule has 1 aliphatic heterocycles. The van der Waals surface area contributed by atoms with E-state index in [0.717, 1.165) is 38.7 Å². The Morgan fingerprint density at radius 1 is 1.30 bits per heavy atom. The van der Waals surface area contributed by atoms with Crippen LogP contribution in [0.25, 0.3) is 0 Å². The van der Waals surface area contributed by atoms with Gasteiger partial charge in [0.05, 0.1) is 12.7 Å². The standard InChI is InChI=1S/C16H27N3O/c1-17-6-5-15(9-17)11-19(10-14-3-4-14)13-16-12-18(2)7-8-20-16/h5-6,9,14,16H,3-4,7-8,10-13H2,1-2H3. The van der Waals surface area contributed by atoms with Gasteiger partial charge in [-0.05, 0) is 37.4 Å². The molecule has 1 aromatic rings. The maximum atomic E-state index is 5.94. The summed E-state index contributed by atoms with van der Waals surface area (Å²) in [5, 5.41) is 0. The Balaban J connectivity index is 1.56. The molecule has 4 heteroatoms. The number of nitrogens with zero attached hydrogens (tertiary/aromatic N) is 3. The number of morpholine rings is 1. The smallest absolute Gasteiger partial charge is 0.0829 e.